The van der Waals surface area contributed by atoms with Crippen LogP contribution in [0, 0.1) is 0 Å². The Labute approximate surface area is 137 Å². The van der Waals surface area contributed by atoms with Crippen LogP contribution in [0.5, 0.6) is 0 Å². The molecule has 5 rings (SSSR count). The number of hydrogen-bond donors (Lipinski definition) is 2. The van der Waals surface area contributed by atoms with Crippen molar-refractivity contribution in [3.63, 3.8) is 0 Å². The van der Waals surface area contributed by atoms with Gasteiger partial charge in [-0.2, -0.15) is 5.10 Å². The van der Waals surface area contributed by atoms with Gasteiger partial charge in [-0.1, -0.05) is 12.1 Å². The zero-order valence-electron chi connectivity index (χ0n) is 12.7. The molecule has 0 saturated carbocycles. The Hall–Kier alpha value is -3.47. The molecule has 0 radical (unpaired) electrons. The monoisotopic (exact) mass is 311 g/mol. The van der Waals surface area contributed by atoms with Gasteiger partial charge in [0.05, 0.1) is 11.2 Å². The average molecular weight is 311 g/mol. The summed E-state index contributed by atoms with van der Waals surface area (Å²) in [6.07, 6.45) is 5.43. The predicted molar refractivity (Wildman–Crippen MR) is 94.4 cm³/mol. The van der Waals surface area contributed by atoms with E-state index in [2.05, 4.69) is 55.5 Å². The molecule has 0 saturated heterocycles. The first-order valence-corrected chi connectivity index (χ1v) is 7.71. The summed E-state index contributed by atoms with van der Waals surface area (Å²) in [7, 11) is 0. The van der Waals surface area contributed by atoms with Crippen LogP contribution < -0.4 is 0 Å². The fourth-order valence-corrected chi connectivity index (χ4v) is 3.02. The molecular weight excluding hydrogens is 298 g/mol. The number of benzene rings is 1. The molecule has 0 aliphatic carbocycles. The van der Waals surface area contributed by atoms with Gasteiger partial charge in [-0.05, 0) is 42.0 Å². The topological polar surface area (TPSA) is 70.2 Å². The zero-order chi connectivity index (χ0) is 15.9. The maximum atomic E-state index is 4.50. The van der Waals surface area contributed by atoms with Gasteiger partial charge >= 0.3 is 0 Å². The molecule has 5 aromatic rings. The van der Waals surface area contributed by atoms with E-state index in [9.17, 15) is 0 Å². The normalized spacial score (nSPS) is 11.3. The first-order valence-electron chi connectivity index (χ1n) is 7.71. The van der Waals surface area contributed by atoms with Gasteiger partial charge in [0.2, 0.25) is 0 Å². The van der Waals surface area contributed by atoms with E-state index in [1.807, 2.05) is 24.4 Å². The molecule has 5 heteroatoms. The molecule has 1 aromatic carbocycles. The van der Waals surface area contributed by atoms with Crippen molar-refractivity contribution >= 4 is 21.9 Å². The SMILES string of the molecule is c1cncc(-c2ccc3[nH]nc(-c4cc5cccnc5[nH]4)c3c2)c1. The summed E-state index contributed by atoms with van der Waals surface area (Å²) in [6, 6.07) is 16.3. The number of nitrogens with zero attached hydrogens (tertiary/aromatic N) is 3. The van der Waals surface area contributed by atoms with E-state index >= 15 is 0 Å². The van der Waals surface area contributed by atoms with E-state index in [1.165, 1.54) is 0 Å². The van der Waals surface area contributed by atoms with Gasteiger partial charge in [0, 0.05) is 34.9 Å². The van der Waals surface area contributed by atoms with E-state index in [4.69, 9.17) is 0 Å². The molecule has 0 amide bonds. The lowest BCUT2D eigenvalue weighted by Gasteiger charge is -2.01. The summed E-state index contributed by atoms with van der Waals surface area (Å²) in [5.74, 6) is 0. The van der Waals surface area contributed by atoms with Crippen molar-refractivity contribution in [1.82, 2.24) is 25.1 Å². The Morgan fingerprint density at radius 3 is 2.71 bits per heavy atom. The summed E-state index contributed by atoms with van der Waals surface area (Å²) in [6.45, 7) is 0. The molecule has 0 spiro atoms. The largest absolute Gasteiger partial charge is 0.338 e. The van der Waals surface area contributed by atoms with Crippen molar-refractivity contribution in [2.24, 2.45) is 0 Å². The van der Waals surface area contributed by atoms with E-state index in [-0.39, 0.29) is 0 Å². The number of nitrogens with one attached hydrogen (secondary N) is 2. The quantitative estimate of drug-likeness (QED) is 0.514. The van der Waals surface area contributed by atoms with E-state index in [0.29, 0.717) is 0 Å². The standard InChI is InChI=1S/C19H13N5/c1-4-14(11-20-7-1)12-5-6-16-15(9-12)18(24-23-16)17-10-13-3-2-8-21-19(13)22-17/h1-11H,(H,21,22)(H,23,24). The fraction of sp³-hybridized carbons (Fsp3) is 0. The van der Waals surface area contributed by atoms with Crippen molar-refractivity contribution in [1.29, 1.82) is 0 Å². The zero-order valence-corrected chi connectivity index (χ0v) is 12.7. The third kappa shape index (κ3) is 1.99. The van der Waals surface area contributed by atoms with Crippen LogP contribution in [0.3, 0.4) is 0 Å². The predicted octanol–water partition coefficient (Wildman–Crippen LogP) is 4.17. The van der Waals surface area contributed by atoms with Crippen LogP contribution in [0.25, 0.3) is 44.5 Å². The van der Waals surface area contributed by atoms with E-state index in [0.717, 1.165) is 44.5 Å². The van der Waals surface area contributed by atoms with Gasteiger partial charge in [-0.25, -0.2) is 4.98 Å². The molecule has 0 fully saturated rings. The third-order valence-corrected chi connectivity index (χ3v) is 4.20. The minimum atomic E-state index is 0.868. The number of aromatic amines is 2. The minimum Gasteiger partial charge on any atom is -0.338 e. The molecule has 114 valence electrons. The molecule has 24 heavy (non-hydrogen) atoms. The highest BCUT2D eigenvalue weighted by Gasteiger charge is 2.12. The number of hydrogen-bond acceptors (Lipinski definition) is 3. The maximum absolute atomic E-state index is 4.50. The van der Waals surface area contributed by atoms with E-state index < -0.39 is 0 Å². The van der Waals surface area contributed by atoms with Crippen LogP contribution in [-0.4, -0.2) is 25.1 Å². The smallest absolute Gasteiger partial charge is 0.137 e. The van der Waals surface area contributed by atoms with Gasteiger partial charge in [0.25, 0.3) is 0 Å². The number of aromatic nitrogens is 5. The van der Waals surface area contributed by atoms with Crippen molar-refractivity contribution in [2.45, 2.75) is 0 Å². The first-order chi connectivity index (χ1) is 11.9. The molecule has 4 heterocycles. The summed E-state index contributed by atoms with van der Waals surface area (Å²) in [4.78, 5) is 11.9. The second-order valence-corrected chi connectivity index (χ2v) is 5.70. The Bertz CT molecular complexity index is 1120. The van der Waals surface area contributed by atoms with Crippen LogP contribution in [0.2, 0.25) is 0 Å². The Kier molecular flexibility index (Phi) is 2.72. The van der Waals surface area contributed by atoms with Gasteiger partial charge in [-0.15, -0.1) is 0 Å². The van der Waals surface area contributed by atoms with Gasteiger partial charge in [0.1, 0.15) is 11.3 Å². The molecule has 0 bridgehead atoms. The molecule has 4 aromatic heterocycles. The van der Waals surface area contributed by atoms with Crippen molar-refractivity contribution < 1.29 is 0 Å². The van der Waals surface area contributed by atoms with Gasteiger partial charge < -0.3 is 4.98 Å². The first kappa shape index (κ1) is 13.0. The van der Waals surface area contributed by atoms with Crippen molar-refractivity contribution in [3.05, 3.63) is 67.1 Å². The lowest BCUT2D eigenvalue weighted by atomic mass is 10.0. The maximum Gasteiger partial charge on any atom is 0.137 e. The highest BCUT2D eigenvalue weighted by Crippen LogP contribution is 2.31. The number of pyridine rings is 2. The Morgan fingerprint density at radius 1 is 0.875 bits per heavy atom. The van der Waals surface area contributed by atoms with Crippen molar-refractivity contribution in [3.8, 4) is 22.5 Å². The Balaban J connectivity index is 1.71. The fourth-order valence-electron chi connectivity index (χ4n) is 3.02. The number of rotatable bonds is 2. The second kappa shape index (κ2) is 5.03. The third-order valence-electron chi connectivity index (χ3n) is 4.20. The number of fused-ring (bicyclic) bond motifs is 2. The summed E-state index contributed by atoms with van der Waals surface area (Å²) < 4.78 is 0. The molecule has 0 atom stereocenters. The summed E-state index contributed by atoms with van der Waals surface area (Å²) >= 11 is 0. The summed E-state index contributed by atoms with van der Waals surface area (Å²) in [5.41, 5.74) is 5.93. The lowest BCUT2D eigenvalue weighted by Crippen LogP contribution is -1.81. The van der Waals surface area contributed by atoms with Crippen LogP contribution >= 0.6 is 0 Å². The Morgan fingerprint density at radius 2 is 1.83 bits per heavy atom. The van der Waals surface area contributed by atoms with Crippen molar-refractivity contribution in [2.75, 3.05) is 0 Å². The number of H-pyrrole nitrogens is 2. The van der Waals surface area contributed by atoms with Gasteiger partial charge in [0.15, 0.2) is 0 Å². The lowest BCUT2D eigenvalue weighted by molar-refractivity contribution is 1.12. The average Bonchev–Trinajstić information content (AvgIpc) is 3.25. The molecule has 0 aliphatic rings. The highest BCUT2D eigenvalue weighted by molar-refractivity contribution is 5.97. The van der Waals surface area contributed by atoms with Crippen LogP contribution in [-0.2, 0) is 0 Å². The molecule has 2 N–H and O–H groups in total. The molecular formula is C19H13N5. The molecule has 0 unspecified atom stereocenters. The molecule has 5 nitrogen and oxygen atoms in total. The molecule has 0 aliphatic heterocycles. The van der Waals surface area contributed by atoms with Gasteiger partial charge in [-0.3, -0.25) is 10.1 Å². The van der Waals surface area contributed by atoms with Crippen LogP contribution in [0.1, 0.15) is 0 Å². The van der Waals surface area contributed by atoms with Crippen LogP contribution in [0.15, 0.2) is 67.1 Å². The minimum absolute atomic E-state index is 0.868. The van der Waals surface area contributed by atoms with E-state index in [1.54, 1.807) is 12.4 Å². The second-order valence-electron chi connectivity index (χ2n) is 5.70. The van der Waals surface area contributed by atoms with Crippen LogP contribution in [0.4, 0.5) is 0 Å². The highest BCUT2D eigenvalue weighted by atomic mass is 15.1. The summed E-state index contributed by atoms with van der Waals surface area (Å²) in [5, 5.41) is 9.75.